The third kappa shape index (κ3) is 1.69. The van der Waals surface area contributed by atoms with Crippen LogP contribution in [0.15, 0.2) is 12.4 Å². The van der Waals surface area contributed by atoms with Crippen molar-refractivity contribution in [1.82, 2.24) is 9.78 Å². The summed E-state index contributed by atoms with van der Waals surface area (Å²) in [6.45, 7) is 2.68. The van der Waals surface area contributed by atoms with Crippen LogP contribution in [0.4, 0.5) is 0 Å². The van der Waals surface area contributed by atoms with Gasteiger partial charge in [-0.05, 0) is 29.5 Å². The Balaban J connectivity index is 2.74. The van der Waals surface area contributed by atoms with E-state index in [1.165, 1.54) is 0 Å². The maximum Gasteiger partial charge on any atom is 0.0623 e. The minimum absolute atomic E-state index is 0.309. The van der Waals surface area contributed by atoms with Crippen LogP contribution in [0.5, 0.6) is 0 Å². The number of rotatable bonds is 2. The number of halogens is 1. The van der Waals surface area contributed by atoms with Gasteiger partial charge in [-0.15, -0.1) is 0 Å². The maximum atomic E-state index is 5.45. The van der Waals surface area contributed by atoms with Crippen LogP contribution in [0.25, 0.3) is 0 Å². The Morgan fingerprint density at radius 2 is 2.60 bits per heavy atom. The largest absolute Gasteiger partial charge is 0.328 e. The van der Waals surface area contributed by atoms with Gasteiger partial charge in [-0.3, -0.25) is 4.68 Å². The SMILES string of the molecule is CC(CN)n1cc(I)cn1. The van der Waals surface area contributed by atoms with E-state index in [0.29, 0.717) is 12.6 Å². The smallest absolute Gasteiger partial charge is 0.0623 e. The fourth-order valence-corrected chi connectivity index (χ4v) is 1.07. The summed E-state index contributed by atoms with van der Waals surface area (Å²) >= 11 is 2.23. The highest BCUT2D eigenvalue weighted by Crippen LogP contribution is 2.06. The molecule has 4 heteroatoms. The topological polar surface area (TPSA) is 43.8 Å². The van der Waals surface area contributed by atoms with E-state index in [2.05, 4.69) is 27.7 Å². The van der Waals surface area contributed by atoms with Gasteiger partial charge >= 0.3 is 0 Å². The number of aromatic nitrogens is 2. The Hall–Kier alpha value is -0.100. The number of nitrogens with two attached hydrogens (primary N) is 1. The average Bonchev–Trinajstić information content (AvgIpc) is 2.34. The molecule has 1 aromatic rings. The molecule has 0 amide bonds. The van der Waals surface area contributed by atoms with E-state index in [9.17, 15) is 0 Å². The van der Waals surface area contributed by atoms with Crippen molar-refractivity contribution in [3.63, 3.8) is 0 Å². The Morgan fingerprint density at radius 3 is 3.00 bits per heavy atom. The molecule has 0 aliphatic carbocycles. The zero-order valence-electron chi connectivity index (χ0n) is 5.79. The van der Waals surface area contributed by atoms with E-state index in [0.717, 1.165) is 3.57 Å². The van der Waals surface area contributed by atoms with Gasteiger partial charge in [0, 0.05) is 12.7 Å². The molecule has 0 fully saturated rings. The van der Waals surface area contributed by atoms with Crippen LogP contribution >= 0.6 is 22.6 Å². The van der Waals surface area contributed by atoms with E-state index in [-0.39, 0.29) is 0 Å². The van der Waals surface area contributed by atoms with Gasteiger partial charge in [-0.25, -0.2) is 0 Å². The molecular formula is C6H10IN3. The van der Waals surface area contributed by atoms with Gasteiger partial charge in [0.05, 0.1) is 15.8 Å². The molecule has 0 aliphatic rings. The van der Waals surface area contributed by atoms with Crippen LogP contribution in [0, 0.1) is 3.57 Å². The van der Waals surface area contributed by atoms with Crippen molar-refractivity contribution in [3.8, 4) is 0 Å². The lowest BCUT2D eigenvalue weighted by Crippen LogP contribution is -2.16. The molecule has 0 saturated heterocycles. The van der Waals surface area contributed by atoms with E-state index in [4.69, 9.17) is 5.73 Å². The van der Waals surface area contributed by atoms with Gasteiger partial charge in [0.15, 0.2) is 0 Å². The lowest BCUT2D eigenvalue weighted by molar-refractivity contribution is 0.500. The predicted molar refractivity (Wildman–Crippen MR) is 48.7 cm³/mol. The van der Waals surface area contributed by atoms with Crippen molar-refractivity contribution in [2.45, 2.75) is 13.0 Å². The summed E-state index contributed by atoms with van der Waals surface area (Å²) < 4.78 is 3.03. The molecule has 56 valence electrons. The molecule has 1 unspecified atom stereocenters. The second-order valence-electron chi connectivity index (χ2n) is 2.22. The summed E-state index contributed by atoms with van der Waals surface area (Å²) in [6.07, 6.45) is 3.81. The van der Waals surface area contributed by atoms with Gasteiger partial charge in [-0.1, -0.05) is 0 Å². The number of hydrogen-bond donors (Lipinski definition) is 1. The third-order valence-electron chi connectivity index (χ3n) is 1.36. The summed E-state index contributed by atoms with van der Waals surface area (Å²) in [5, 5.41) is 4.12. The standard InChI is InChI=1S/C6H10IN3/c1-5(2-8)10-4-6(7)3-9-10/h3-5H,2,8H2,1H3. The van der Waals surface area contributed by atoms with Crippen LogP contribution < -0.4 is 5.73 Å². The van der Waals surface area contributed by atoms with Crippen molar-refractivity contribution in [2.75, 3.05) is 6.54 Å². The summed E-state index contributed by atoms with van der Waals surface area (Å²) in [4.78, 5) is 0. The van der Waals surface area contributed by atoms with Crippen molar-refractivity contribution in [2.24, 2.45) is 5.73 Å². The highest BCUT2D eigenvalue weighted by molar-refractivity contribution is 14.1. The van der Waals surface area contributed by atoms with Crippen LogP contribution in [-0.4, -0.2) is 16.3 Å². The molecule has 0 bridgehead atoms. The van der Waals surface area contributed by atoms with Crippen LogP contribution in [0.3, 0.4) is 0 Å². The van der Waals surface area contributed by atoms with Gasteiger partial charge in [-0.2, -0.15) is 5.10 Å². The van der Waals surface area contributed by atoms with Crippen molar-refractivity contribution >= 4 is 22.6 Å². The molecular weight excluding hydrogens is 241 g/mol. The maximum absolute atomic E-state index is 5.45. The molecule has 1 rings (SSSR count). The first-order valence-electron chi connectivity index (χ1n) is 3.13. The molecule has 0 aromatic carbocycles. The van der Waals surface area contributed by atoms with E-state index in [1.54, 1.807) is 0 Å². The van der Waals surface area contributed by atoms with E-state index >= 15 is 0 Å². The van der Waals surface area contributed by atoms with Gasteiger partial charge in [0.25, 0.3) is 0 Å². The zero-order valence-corrected chi connectivity index (χ0v) is 7.95. The summed E-state index contributed by atoms with van der Waals surface area (Å²) in [7, 11) is 0. The quantitative estimate of drug-likeness (QED) is 0.797. The normalized spacial score (nSPS) is 13.5. The summed E-state index contributed by atoms with van der Waals surface area (Å²) in [6, 6.07) is 0.309. The first-order valence-corrected chi connectivity index (χ1v) is 4.21. The lowest BCUT2D eigenvalue weighted by atomic mass is 10.3. The Morgan fingerprint density at radius 1 is 1.90 bits per heavy atom. The van der Waals surface area contributed by atoms with Crippen LogP contribution in [-0.2, 0) is 0 Å². The zero-order chi connectivity index (χ0) is 7.56. The van der Waals surface area contributed by atoms with Crippen LogP contribution in [0.2, 0.25) is 0 Å². The number of hydrogen-bond acceptors (Lipinski definition) is 2. The van der Waals surface area contributed by atoms with Gasteiger partial charge < -0.3 is 5.73 Å². The minimum Gasteiger partial charge on any atom is -0.328 e. The highest BCUT2D eigenvalue weighted by Gasteiger charge is 2.01. The molecule has 1 heterocycles. The molecule has 1 atom stereocenters. The van der Waals surface area contributed by atoms with Gasteiger partial charge in [0.1, 0.15) is 0 Å². The summed E-state index contributed by atoms with van der Waals surface area (Å²) in [5.74, 6) is 0. The monoisotopic (exact) mass is 251 g/mol. The van der Waals surface area contributed by atoms with Crippen LogP contribution in [0.1, 0.15) is 13.0 Å². The Bertz CT molecular complexity index is 209. The van der Waals surface area contributed by atoms with Crippen molar-refractivity contribution in [1.29, 1.82) is 0 Å². The fraction of sp³-hybridized carbons (Fsp3) is 0.500. The predicted octanol–water partition coefficient (Wildman–Crippen LogP) is 1.01. The van der Waals surface area contributed by atoms with Crippen molar-refractivity contribution < 1.29 is 0 Å². The average molecular weight is 251 g/mol. The van der Waals surface area contributed by atoms with Gasteiger partial charge in [0.2, 0.25) is 0 Å². The second kappa shape index (κ2) is 3.34. The fourth-order valence-electron chi connectivity index (χ4n) is 0.664. The Labute approximate surface area is 73.7 Å². The molecule has 2 N–H and O–H groups in total. The minimum atomic E-state index is 0.309. The van der Waals surface area contributed by atoms with E-state index < -0.39 is 0 Å². The molecule has 0 saturated carbocycles. The first-order chi connectivity index (χ1) is 4.74. The lowest BCUT2D eigenvalue weighted by Gasteiger charge is -2.06. The molecule has 1 aromatic heterocycles. The summed E-state index contributed by atoms with van der Waals surface area (Å²) in [5.41, 5.74) is 5.45. The van der Waals surface area contributed by atoms with Crippen molar-refractivity contribution in [3.05, 3.63) is 16.0 Å². The second-order valence-corrected chi connectivity index (χ2v) is 3.47. The molecule has 3 nitrogen and oxygen atoms in total. The highest BCUT2D eigenvalue weighted by atomic mass is 127. The molecule has 0 aliphatic heterocycles. The first kappa shape index (κ1) is 8.00. The molecule has 0 spiro atoms. The molecule has 10 heavy (non-hydrogen) atoms. The number of nitrogens with zero attached hydrogens (tertiary/aromatic N) is 2. The van der Waals surface area contributed by atoms with E-state index in [1.807, 2.05) is 24.0 Å². The third-order valence-corrected chi connectivity index (χ3v) is 1.92. The molecule has 0 radical (unpaired) electrons. The Kier molecular flexibility index (Phi) is 2.67.